The van der Waals surface area contributed by atoms with Crippen LogP contribution in [0.4, 0.5) is 0 Å². The Balaban J connectivity index is 1.66. The summed E-state index contributed by atoms with van der Waals surface area (Å²) in [6.07, 6.45) is 4.95. The minimum Gasteiger partial charge on any atom is -0.491 e. The van der Waals surface area contributed by atoms with E-state index in [2.05, 4.69) is 20.2 Å². The fourth-order valence-corrected chi connectivity index (χ4v) is 3.16. The number of aromatic nitrogens is 5. The van der Waals surface area contributed by atoms with E-state index >= 15 is 0 Å². The van der Waals surface area contributed by atoms with Gasteiger partial charge in [-0.25, -0.2) is 9.67 Å². The van der Waals surface area contributed by atoms with Crippen molar-refractivity contribution in [3.8, 4) is 34.0 Å². The van der Waals surface area contributed by atoms with Crippen molar-refractivity contribution >= 4 is 0 Å². The molecule has 9 heteroatoms. The molecular formula is C22H21N5O4. The summed E-state index contributed by atoms with van der Waals surface area (Å²) in [5.41, 5.74) is 4.21. The van der Waals surface area contributed by atoms with Gasteiger partial charge >= 0.3 is 0 Å². The van der Waals surface area contributed by atoms with Crippen LogP contribution in [0.25, 0.3) is 22.4 Å². The van der Waals surface area contributed by atoms with E-state index in [-0.39, 0.29) is 12.1 Å². The Labute approximate surface area is 178 Å². The summed E-state index contributed by atoms with van der Waals surface area (Å²) in [6.45, 7) is 3.95. The third-order valence-electron chi connectivity index (χ3n) is 4.91. The molecule has 4 aromatic heterocycles. The monoisotopic (exact) mass is 419 g/mol. The number of aryl methyl sites for hydroxylation is 2. The molecule has 0 spiro atoms. The van der Waals surface area contributed by atoms with Gasteiger partial charge in [0.25, 0.3) is 11.4 Å². The number of rotatable bonds is 6. The van der Waals surface area contributed by atoms with Crippen LogP contribution in [0.2, 0.25) is 0 Å². The van der Waals surface area contributed by atoms with E-state index in [1.54, 1.807) is 24.7 Å². The zero-order valence-electron chi connectivity index (χ0n) is 17.6. The molecule has 0 bridgehead atoms. The maximum Gasteiger partial charge on any atom is 0.267 e. The van der Waals surface area contributed by atoms with Crippen LogP contribution in [0.3, 0.4) is 0 Å². The maximum atomic E-state index is 12.8. The Morgan fingerprint density at radius 3 is 2.42 bits per heavy atom. The van der Waals surface area contributed by atoms with E-state index in [4.69, 9.17) is 14.0 Å². The van der Waals surface area contributed by atoms with Crippen molar-refractivity contribution in [2.45, 2.75) is 20.4 Å². The predicted octanol–water partition coefficient (Wildman–Crippen LogP) is 3.04. The van der Waals surface area contributed by atoms with Gasteiger partial charge in [-0.05, 0) is 32.0 Å². The van der Waals surface area contributed by atoms with E-state index in [1.165, 1.54) is 25.0 Å². The fourth-order valence-electron chi connectivity index (χ4n) is 3.16. The highest BCUT2D eigenvalue weighted by molar-refractivity contribution is 5.64. The van der Waals surface area contributed by atoms with E-state index in [9.17, 15) is 4.79 Å². The minimum atomic E-state index is -0.263. The first kappa shape index (κ1) is 20.3. The molecule has 0 aliphatic carbocycles. The van der Waals surface area contributed by atoms with Gasteiger partial charge in [0.1, 0.15) is 11.5 Å². The summed E-state index contributed by atoms with van der Waals surface area (Å²) in [6, 6.07) is 7.08. The molecule has 0 atom stereocenters. The van der Waals surface area contributed by atoms with Crippen LogP contribution < -0.4 is 15.0 Å². The average Bonchev–Trinajstić information content (AvgIpc) is 3.15. The van der Waals surface area contributed by atoms with Crippen LogP contribution in [0.15, 0.2) is 52.2 Å². The lowest BCUT2D eigenvalue weighted by molar-refractivity contribution is 0.343. The number of pyridine rings is 2. The Kier molecular flexibility index (Phi) is 5.48. The minimum absolute atomic E-state index is 0.224. The summed E-state index contributed by atoms with van der Waals surface area (Å²) in [5.74, 6) is 1.46. The Bertz CT molecular complexity index is 1280. The van der Waals surface area contributed by atoms with Crippen molar-refractivity contribution in [1.82, 2.24) is 24.9 Å². The molecule has 9 nitrogen and oxygen atoms in total. The molecule has 31 heavy (non-hydrogen) atoms. The first-order chi connectivity index (χ1) is 15.0. The van der Waals surface area contributed by atoms with Gasteiger partial charge in [-0.15, -0.1) is 0 Å². The molecule has 0 radical (unpaired) electrons. The number of methoxy groups -OCH3 is 2. The van der Waals surface area contributed by atoms with Crippen molar-refractivity contribution in [1.29, 1.82) is 0 Å². The summed E-state index contributed by atoms with van der Waals surface area (Å²) >= 11 is 0. The van der Waals surface area contributed by atoms with Crippen LogP contribution in [0.1, 0.15) is 17.0 Å². The molecule has 4 aromatic rings. The first-order valence-corrected chi connectivity index (χ1v) is 9.54. The van der Waals surface area contributed by atoms with Gasteiger partial charge in [-0.2, -0.15) is 5.10 Å². The topological polar surface area (TPSA) is 105 Å². The molecule has 158 valence electrons. The van der Waals surface area contributed by atoms with E-state index in [0.717, 1.165) is 16.8 Å². The van der Waals surface area contributed by atoms with Crippen LogP contribution in [-0.2, 0) is 6.54 Å². The molecular weight excluding hydrogens is 398 g/mol. The highest BCUT2D eigenvalue weighted by atomic mass is 16.5. The number of hydrogen-bond donors (Lipinski definition) is 0. The van der Waals surface area contributed by atoms with Crippen LogP contribution in [0.5, 0.6) is 11.6 Å². The summed E-state index contributed by atoms with van der Waals surface area (Å²) < 4.78 is 17.2. The molecule has 0 aliphatic heterocycles. The van der Waals surface area contributed by atoms with Gasteiger partial charge in [0, 0.05) is 46.4 Å². The molecule has 0 aromatic carbocycles. The molecule has 4 heterocycles. The Morgan fingerprint density at radius 2 is 1.74 bits per heavy atom. The second-order valence-corrected chi connectivity index (χ2v) is 6.93. The summed E-state index contributed by atoms with van der Waals surface area (Å²) in [7, 11) is 3.04. The smallest absolute Gasteiger partial charge is 0.267 e. The van der Waals surface area contributed by atoms with Crippen LogP contribution >= 0.6 is 0 Å². The van der Waals surface area contributed by atoms with Crippen molar-refractivity contribution in [2.24, 2.45) is 0 Å². The highest BCUT2D eigenvalue weighted by Crippen LogP contribution is 2.29. The molecule has 0 saturated heterocycles. The van der Waals surface area contributed by atoms with E-state index < -0.39 is 0 Å². The van der Waals surface area contributed by atoms with Crippen LogP contribution in [-0.4, -0.2) is 39.1 Å². The van der Waals surface area contributed by atoms with Crippen molar-refractivity contribution in [2.75, 3.05) is 14.2 Å². The third-order valence-corrected chi connectivity index (χ3v) is 4.91. The lowest BCUT2D eigenvalue weighted by Crippen LogP contribution is -2.23. The summed E-state index contributed by atoms with van der Waals surface area (Å²) in [5, 5.41) is 8.49. The van der Waals surface area contributed by atoms with Gasteiger partial charge < -0.3 is 14.0 Å². The largest absolute Gasteiger partial charge is 0.491 e. The average molecular weight is 419 g/mol. The fraction of sp³-hybridized carbons (Fsp3) is 0.227. The Hall–Kier alpha value is -4.01. The number of hydrogen-bond acceptors (Lipinski definition) is 8. The van der Waals surface area contributed by atoms with Gasteiger partial charge in [0.05, 0.1) is 27.0 Å². The quantitative estimate of drug-likeness (QED) is 0.470. The molecule has 0 N–H and O–H groups in total. The van der Waals surface area contributed by atoms with Gasteiger partial charge in [0.2, 0.25) is 0 Å². The van der Waals surface area contributed by atoms with E-state index in [1.807, 2.05) is 26.0 Å². The summed E-state index contributed by atoms with van der Waals surface area (Å²) in [4.78, 5) is 21.3. The number of ether oxygens (including phenoxy) is 2. The molecule has 0 unspecified atom stereocenters. The standard InChI is InChI=1S/C22H21N5O4/c1-13-5-6-15(9-23-13)21-18(14(2)31-26-21)12-27-20(28)8-17(11-25-27)16-7-19(29-3)22(30-4)24-10-16/h5-11H,12H2,1-4H3. The third kappa shape index (κ3) is 4.02. The SMILES string of the molecule is COc1cc(-c2cnn(Cc3c(-c4ccc(C)nc4)noc3C)c(=O)c2)cnc1OC. The zero-order chi connectivity index (χ0) is 22.0. The maximum absolute atomic E-state index is 12.8. The predicted molar refractivity (Wildman–Crippen MR) is 113 cm³/mol. The highest BCUT2D eigenvalue weighted by Gasteiger charge is 2.17. The normalized spacial score (nSPS) is 10.8. The lowest BCUT2D eigenvalue weighted by Gasteiger charge is -2.09. The first-order valence-electron chi connectivity index (χ1n) is 9.54. The molecule has 0 fully saturated rings. The van der Waals surface area contributed by atoms with Gasteiger partial charge in [0.15, 0.2) is 5.75 Å². The van der Waals surface area contributed by atoms with Crippen molar-refractivity contribution < 1.29 is 14.0 Å². The zero-order valence-corrected chi connectivity index (χ0v) is 17.6. The second kappa shape index (κ2) is 8.39. The van der Waals surface area contributed by atoms with Gasteiger partial charge in [-0.3, -0.25) is 9.78 Å². The second-order valence-electron chi connectivity index (χ2n) is 6.93. The molecule has 0 aliphatic rings. The number of nitrogens with zero attached hydrogens (tertiary/aromatic N) is 5. The molecule has 4 rings (SSSR count). The van der Waals surface area contributed by atoms with Crippen molar-refractivity contribution in [3.05, 3.63) is 70.2 Å². The Morgan fingerprint density at radius 1 is 0.968 bits per heavy atom. The lowest BCUT2D eigenvalue weighted by atomic mass is 10.1. The van der Waals surface area contributed by atoms with E-state index in [0.29, 0.717) is 34.2 Å². The van der Waals surface area contributed by atoms with Gasteiger partial charge in [-0.1, -0.05) is 5.16 Å². The van der Waals surface area contributed by atoms with Crippen LogP contribution in [0, 0.1) is 13.8 Å². The molecule has 0 saturated carbocycles. The molecule has 0 amide bonds. The van der Waals surface area contributed by atoms with Crippen molar-refractivity contribution in [3.63, 3.8) is 0 Å².